The molecule has 96 valence electrons. The fraction of sp³-hybridized carbons (Fsp3) is 0.533. The van der Waals surface area contributed by atoms with Gasteiger partial charge in [0.25, 0.3) is 0 Å². The largest absolute Gasteiger partial charge is 0.343 e. The SMILES string of the molecule is Cc1ccc(N2CCN=C2N2CCCCC2)cc1. The zero-order valence-electron chi connectivity index (χ0n) is 11.1. The van der Waals surface area contributed by atoms with Crippen molar-refractivity contribution in [1.82, 2.24) is 4.90 Å². The lowest BCUT2D eigenvalue weighted by Gasteiger charge is -2.33. The van der Waals surface area contributed by atoms with Crippen molar-refractivity contribution in [3.63, 3.8) is 0 Å². The van der Waals surface area contributed by atoms with Crippen LogP contribution in [0.15, 0.2) is 29.3 Å². The first kappa shape index (κ1) is 11.6. The van der Waals surface area contributed by atoms with Crippen molar-refractivity contribution in [2.45, 2.75) is 26.2 Å². The minimum absolute atomic E-state index is 0.930. The Morgan fingerprint density at radius 1 is 0.944 bits per heavy atom. The summed E-state index contributed by atoms with van der Waals surface area (Å²) in [6, 6.07) is 8.78. The third-order valence-corrected chi connectivity index (χ3v) is 3.80. The molecule has 3 heteroatoms. The van der Waals surface area contributed by atoms with Crippen molar-refractivity contribution >= 4 is 11.6 Å². The Hall–Kier alpha value is -1.51. The van der Waals surface area contributed by atoms with Crippen LogP contribution < -0.4 is 4.90 Å². The summed E-state index contributed by atoms with van der Waals surface area (Å²) in [5.74, 6) is 1.19. The van der Waals surface area contributed by atoms with Gasteiger partial charge in [0.2, 0.25) is 5.96 Å². The van der Waals surface area contributed by atoms with Crippen LogP contribution in [-0.4, -0.2) is 37.0 Å². The van der Waals surface area contributed by atoms with E-state index in [0.29, 0.717) is 0 Å². The maximum atomic E-state index is 4.71. The Labute approximate surface area is 109 Å². The summed E-state index contributed by atoms with van der Waals surface area (Å²) >= 11 is 0. The van der Waals surface area contributed by atoms with Gasteiger partial charge in [0.05, 0.1) is 6.54 Å². The summed E-state index contributed by atoms with van der Waals surface area (Å²) in [6.45, 7) is 6.42. The van der Waals surface area contributed by atoms with Gasteiger partial charge in [-0.25, -0.2) is 0 Å². The fourth-order valence-electron chi connectivity index (χ4n) is 2.77. The highest BCUT2D eigenvalue weighted by Crippen LogP contribution is 2.21. The summed E-state index contributed by atoms with van der Waals surface area (Å²) < 4.78 is 0. The Kier molecular flexibility index (Phi) is 3.22. The molecule has 0 bridgehead atoms. The molecule has 1 aromatic rings. The molecule has 0 aromatic heterocycles. The molecule has 2 aliphatic rings. The summed E-state index contributed by atoms with van der Waals surface area (Å²) in [5, 5.41) is 0. The molecule has 2 heterocycles. The lowest BCUT2D eigenvalue weighted by atomic mass is 10.1. The normalized spacial score (nSPS) is 20.2. The molecule has 2 aliphatic heterocycles. The van der Waals surface area contributed by atoms with E-state index in [1.807, 2.05) is 0 Å². The van der Waals surface area contributed by atoms with Crippen molar-refractivity contribution in [3.05, 3.63) is 29.8 Å². The average Bonchev–Trinajstić information content (AvgIpc) is 2.90. The molecule has 0 amide bonds. The van der Waals surface area contributed by atoms with Gasteiger partial charge < -0.3 is 9.80 Å². The first-order valence-corrected chi connectivity index (χ1v) is 6.98. The van der Waals surface area contributed by atoms with Gasteiger partial charge in [-0.2, -0.15) is 0 Å². The van der Waals surface area contributed by atoms with Gasteiger partial charge in [-0.3, -0.25) is 4.99 Å². The summed E-state index contributed by atoms with van der Waals surface area (Å²) in [5.41, 5.74) is 2.59. The van der Waals surface area contributed by atoms with Gasteiger partial charge in [0, 0.05) is 25.3 Å². The molecular weight excluding hydrogens is 222 g/mol. The molecule has 0 saturated carbocycles. The second-order valence-electron chi connectivity index (χ2n) is 5.22. The number of aryl methyl sites for hydroxylation is 1. The number of guanidine groups is 1. The topological polar surface area (TPSA) is 18.8 Å². The number of anilines is 1. The van der Waals surface area contributed by atoms with Gasteiger partial charge in [0.1, 0.15) is 0 Å². The summed E-state index contributed by atoms with van der Waals surface area (Å²) in [4.78, 5) is 9.53. The number of benzene rings is 1. The predicted molar refractivity (Wildman–Crippen MR) is 76.3 cm³/mol. The Morgan fingerprint density at radius 2 is 1.67 bits per heavy atom. The van der Waals surface area contributed by atoms with Crippen molar-refractivity contribution < 1.29 is 0 Å². The van der Waals surface area contributed by atoms with E-state index in [9.17, 15) is 0 Å². The molecule has 0 spiro atoms. The standard InChI is InChI=1S/C15H21N3/c1-13-5-7-14(8-6-13)18-12-9-16-15(18)17-10-3-2-4-11-17/h5-8H,2-4,9-12H2,1H3. The van der Waals surface area contributed by atoms with Crippen LogP contribution in [0, 0.1) is 6.92 Å². The van der Waals surface area contributed by atoms with Crippen LogP contribution in [0.25, 0.3) is 0 Å². The number of hydrogen-bond acceptors (Lipinski definition) is 3. The van der Waals surface area contributed by atoms with Crippen molar-refractivity contribution in [2.24, 2.45) is 4.99 Å². The molecule has 0 atom stereocenters. The van der Waals surface area contributed by atoms with Gasteiger partial charge >= 0.3 is 0 Å². The first-order chi connectivity index (χ1) is 8.84. The third kappa shape index (κ3) is 2.22. The Balaban J connectivity index is 1.79. The van der Waals surface area contributed by atoms with Gasteiger partial charge in [-0.05, 0) is 38.3 Å². The van der Waals surface area contributed by atoms with Crippen LogP contribution in [0.1, 0.15) is 24.8 Å². The smallest absolute Gasteiger partial charge is 0.201 e. The van der Waals surface area contributed by atoms with Crippen LogP contribution in [-0.2, 0) is 0 Å². The van der Waals surface area contributed by atoms with E-state index in [4.69, 9.17) is 4.99 Å². The van der Waals surface area contributed by atoms with E-state index in [2.05, 4.69) is 41.0 Å². The molecule has 0 N–H and O–H groups in total. The van der Waals surface area contributed by atoms with Crippen molar-refractivity contribution in [1.29, 1.82) is 0 Å². The minimum atomic E-state index is 0.930. The molecule has 3 nitrogen and oxygen atoms in total. The quantitative estimate of drug-likeness (QED) is 0.755. The van der Waals surface area contributed by atoms with Gasteiger partial charge in [-0.15, -0.1) is 0 Å². The maximum absolute atomic E-state index is 4.71. The van der Waals surface area contributed by atoms with E-state index >= 15 is 0 Å². The molecule has 1 saturated heterocycles. The van der Waals surface area contributed by atoms with Crippen LogP contribution in [0.4, 0.5) is 5.69 Å². The van der Waals surface area contributed by atoms with Crippen LogP contribution in [0.2, 0.25) is 0 Å². The maximum Gasteiger partial charge on any atom is 0.201 e. The van der Waals surface area contributed by atoms with E-state index in [1.165, 1.54) is 49.6 Å². The Morgan fingerprint density at radius 3 is 2.39 bits per heavy atom. The Bertz CT molecular complexity index is 430. The van der Waals surface area contributed by atoms with Gasteiger partial charge in [0.15, 0.2) is 0 Å². The monoisotopic (exact) mass is 243 g/mol. The van der Waals surface area contributed by atoms with Crippen LogP contribution in [0.5, 0.6) is 0 Å². The molecule has 3 rings (SSSR count). The molecule has 0 unspecified atom stereocenters. The lowest BCUT2D eigenvalue weighted by molar-refractivity contribution is 0.339. The zero-order valence-corrected chi connectivity index (χ0v) is 11.1. The number of rotatable bonds is 1. The van der Waals surface area contributed by atoms with Gasteiger partial charge in [-0.1, -0.05) is 17.7 Å². The lowest BCUT2D eigenvalue weighted by Crippen LogP contribution is -2.44. The van der Waals surface area contributed by atoms with Crippen LogP contribution in [0.3, 0.4) is 0 Å². The van der Waals surface area contributed by atoms with Crippen molar-refractivity contribution in [2.75, 3.05) is 31.1 Å². The molecule has 0 aliphatic carbocycles. The fourth-order valence-corrected chi connectivity index (χ4v) is 2.77. The van der Waals surface area contributed by atoms with E-state index < -0.39 is 0 Å². The number of likely N-dealkylation sites (tertiary alicyclic amines) is 1. The van der Waals surface area contributed by atoms with E-state index in [-0.39, 0.29) is 0 Å². The second kappa shape index (κ2) is 5.01. The van der Waals surface area contributed by atoms with Crippen LogP contribution >= 0.6 is 0 Å². The van der Waals surface area contributed by atoms with Crippen molar-refractivity contribution in [3.8, 4) is 0 Å². The number of aliphatic imine (C=N–C) groups is 1. The molecule has 0 radical (unpaired) electrons. The summed E-state index contributed by atoms with van der Waals surface area (Å²) in [6.07, 6.45) is 3.98. The highest BCUT2D eigenvalue weighted by atomic mass is 15.4. The first-order valence-electron chi connectivity index (χ1n) is 6.98. The highest BCUT2D eigenvalue weighted by Gasteiger charge is 2.25. The predicted octanol–water partition coefficient (Wildman–Crippen LogP) is 2.66. The molecule has 18 heavy (non-hydrogen) atoms. The highest BCUT2D eigenvalue weighted by molar-refractivity contribution is 5.97. The van der Waals surface area contributed by atoms with E-state index in [0.717, 1.165) is 13.1 Å². The van der Waals surface area contributed by atoms with E-state index in [1.54, 1.807) is 0 Å². The number of piperidine rings is 1. The molecular formula is C15H21N3. The second-order valence-corrected chi connectivity index (χ2v) is 5.22. The number of hydrogen-bond donors (Lipinski definition) is 0. The average molecular weight is 243 g/mol. The third-order valence-electron chi connectivity index (χ3n) is 3.80. The zero-order chi connectivity index (χ0) is 12.4. The molecule has 1 aromatic carbocycles. The summed E-state index contributed by atoms with van der Waals surface area (Å²) in [7, 11) is 0. The minimum Gasteiger partial charge on any atom is -0.343 e. The number of nitrogens with zero attached hydrogens (tertiary/aromatic N) is 3. The molecule has 1 fully saturated rings.